The van der Waals surface area contributed by atoms with E-state index in [0.717, 1.165) is 6.07 Å². The predicted molar refractivity (Wildman–Crippen MR) is 50.5 cm³/mol. The smallest absolute Gasteiger partial charge is 0.140 e. The van der Waals surface area contributed by atoms with Crippen LogP contribution in [-0.4, -0.2) is 7.11 Å². The Hall–Kier alpha value is -1.31. The first-order chi connectivity index (χ1) is 6.60. The van der Waals surface area contributed by atoms with Crippen molar-refractivity contribution >= 4 is 11.6 Å². The van der Waals surface area contributed by atoms with Crippen LogP contribution in [0.25, 0.3) is 0 Å². The maximum Gasteiger partial charge on any atom is 0.140 e. The van der Waals surface area contributed by atoms with E-state index < -0.39 is 11.9 Å². The molecule has 0 saturated heterocycles. The van der Waals surface area contributed by atoms with Crippen LogP contribution in [0.15, 0.2) is 12.1 Å². The van der Waals surface area contributed by atoms with Gasteiger partial charge in [-0.05, 0) is 6.07 Å². The molecule has 0 heterocycles. The lowest BCUT2D eigenvalue weighted by molar-refractivity contribution is 0.411. The second-order valence-corrected chi connectivity index (χ2v) is 3.02. The van der Waals surface area contributed by atoms with Gasteiger partial charge in [-0.1, -0.05) is 11.6 Å². The van der Waals surface area contributed by atoms with Crippen LogP contribution in [-0.2, 0) is 0 Å². The molecular weight excluding hydrogens is 207 g/mol. The van der Waals surface area contributed by atoms with Crippen LogP contribution < -0.4 is 10.5 Å². The summed E-state index contributed by atoms with van der Waals surface area (Å²) < 4.78 is 18.1. The first kappa shape index (κ1) is 10.8. The third-order valence-corrected chi connectivity index (χ3v) is 2.04. The fraction of sp³-hybridized carbons (Fsp3) is 0.222. The average molecular weight is 215 g/mol. The van der Waals surface area contributed by atoms with Crippen molar-refractivity contribution in [1.82, 2.24) is 0 Å². The Morgan fingerprint density at radius 1 is 1.64 bits per heavy atom. The molecule has 1 unspecified atom stereocenters. The lowest BCUT2D eigenvalue weighted by Gasteiger charge is -2.08. The van der Waals surface area contributed by atoms with Crippen LogP contribution in [0.1, 0.15) is 11.6 Å². The molecule has 0 aromatic heterocycles. The number of nitrogens with zero attached hydrogens (tertiary/aromatic N) is 1. The van der Waals surface area contributed by atoms with Gasteiger partial charge in [0.2, 0.25) is 0 Å². The summed E-state index contributed by atoms with van der Waals surface area (Å²) in [5.74, 6) is -0.377. The number of methoxy groups -OCH3 is 1. The highest BCUT2D eigenvalue weighted by Gasteiger charge is 2.14. The standard InChI is InChI=1S/C9H8ClFN2O/c1-14-9-3-7(11)5(2-6(9)10)8(13)4-12/h2-3,8H,13H2,1H3. The molecule has 0 aliphatic heterocycles. The maximum atomic E-state index is 13.3. The number of halogens is 2. The second-order valence-electron chi connectivity index (χ2n) is 2.62. The summed E-state index contributed by atoms with van der Waals surface area (Å²) >= 11 is 5.75. The van der Waals surface area contributed by atoms with Gasteiger partial charge in [0.05, 0.1) is 18.2 Å². The highest BCUT2D eigenvalue weighted by molar-refractivity contribution is 6.32. The maximum absolute atomic E-state index is 13.3. The molecule has 0 fully saturated rings. The number of nitrogens with two attached hydrogens (primary N) is 1. The number of nitriles is 1. The lowest BCUT2D eigenvalue weighted by atomic mass is 10.1. The van der Waals surface area contributed by atoms with Gasteiger partial charge in [-0.2, -0.15) is 5.26 Å². The predicted octanol–water partition coefficient (Wildman–Crippen LogP) is 2.01. The Kier molecular flexibility index (Phi) is 3.28. The minimum Gasteiger partial charge on any atom is -0.495 e. The van der Waals surface area contributed by atoms with Crippen molar-refractivity contribution < 1.29 is 9.13 Å². The Morgan fingerprint density at radius 3 is 2.79 bits per heavy atom. The zero-order valence-corrected chi connectivity index (χ0v) is 8.18. The molecule has 1 atom stereocenters. The fourth-order valence-corrected chi connectivity index (χ4v) is 1.26. The lowest BCUT2D eigenvalue weighted by Crippen LogP contribution is -2.09. The highest BCUT2D eigenvalue weighted by Crippen LogP contribution is 2.29. The number of benzene rings is 1. The summed E-state index contributed by atoms with van der Waals surface area (Å²) in [6.45, 7) is 0. The number of hydrogen-bond acceptors (Lipinski definition) is 3. The Morgan fingerprint density at radius 2 is 2.29 bits per heavy atom. The van der Waals surface area contributed by atoms with Gasteiger partial charge < -0.3 is 10.5 Å². The van der Waals surface area contributed by atoms with Crippen molar-refractivity contribution in [1.29, 1.82) is 5.26 Å². The van der Waals surface area contributed by atoms with Crippen molar-refractivity contribution in [3.63, 3.8) is 0 Å². The molecule has 0 saturated carbocycles. The normalized spacial score (nSPS) is 11.9. The summed E-state index contributed by atoms with van der Waals surface area (Å²) in [5, 5.41) is 8.75. The van der Waals surface area contributed by atoms with E-state index >= 15 is 0 Å². The molecule has 0 bridgehead atoms. The molecule has 3 nitrogen and oxygen atoms in total. The van der Waals surface area contributed by atoms with E-state index in [4.69, 9.17) is 27.3 Å². The van der Waals surface area contributed by atoms with Gasteiger partial charge in [-0.15, -0.1) is 0 Å². The summed E-state index contributed by atoms with van der Waals surface area (Å²) in [4.78, 5) is 0. The van der Waals surface area contributed by atoms with E-state index in [9.17, 15) is 4.39 Å². The number of hydrogen-bond donors (Lipinski definition) is 1. The van der Waals surface area contributed by atoms with Crippen LogP contribution in [0.4, 0.5) is 4.39 Å². The zero-order chi connectivity index (χ0) is 10.7. The summed E-state index contributed by atoms with van der Waals surface area (Å²) in [6, 6.07) is 3.11. The van der Waals surface area contributed by atoms with Gasteiger partial charge in [0.25, 0.3) is 0 Å². The van der Waals surface area contributed by atoms with Crippen molar-refractivity contribution in [2.75, 3.05) is 7.11 Å². The monoisotopic (exact) mass is 214 g/mol. The van der Waals surface area contributed by atoms with Gasteiger partial charge in [-0.3, -0.25) is 0 Å². The molecule has 0 aliphatic rings. The number of rotatable bonds is 2. The topological polar surface area (TPSA) is 59.0 Å². The molecule has 0 aliphatic carbocycles. The van der Waals surface area contributed by atoms with Crippen LogP contribution in [0, 0.1) is 17.1 Å². The Balaban J connectivity index is 3.23. The van der Waals surface area contributed by atoms with Crippen molar-refractivity contribution in [3.8, 4) is 11.8 Å². The second kappa shape index (κ2) is 4.27. The molecule has 2 N–H and O–H groups in total. The van der Waals surface area contributed by atoms with Crippen molar-refractivity contribution in [3.05, 3.63) is 28.5 Å². The molecular formula is C9H8ClFN2O. The molecule has 0 amide bonds. The molecule has 1 rings (SSSR count). The summed E-state index contributed by atoms with van der Waals surface area (Å²) in [5.41, 5.74) is 5.42. The van der Waals surface area contributed by atoms with Gasteiger partial charge in [0.15, 0.2) is 0 Å². The van der Waals surface area contributed by atoms with Crippen LogP contribution in [0.3, 0.4) is 0 Å². The molecule has 0 radical (unpaired) electrons. The average Bonchev–Trinajstić information content (AvgIpc) is 2.19. The molecule has 14 heavy (non-hydrogen) atoms. The van der Waals surface area contributed by atoms with Crippen LogP contribution >= 0.6 is 11.6 Å². The van der Waals surface area contributed by atoms with E-state index in [1.807, 2.05) is 0 Å². The Labute approximate surface area is 85.8 Å². The number of ether oxygens (including phenoxy) is 1. The minimum atomic E-state index is -1.02. The van der Waals surface area contributed by atoms with E-state index in [2.05, 4.69) is 0 Å². The SMILES string of the molecule is COc1cc(F)c(C(N)C#N)cc1Cl. The summed E-state index contributed by atoms with van der Waals surface area (Å²) in [7, 11) is 1.38. The van der Waals surface area contributed by atoms with Gasteiger partial charge in [0, 0.05) is 11.6 Å². The third kappa shape index (κ3) is 1.95. The molecule has 74 valence electrons. The van der Waals surface area contributed by atoms with Gasteiger partial charge >= 0.3 is 0 Å². The van der Waals surface area contributed by atoms with Gasteiger partial charge in [-0.25, -0.2) is 4.39 Å². The van der Waals surface area contributed by atoms with Crippen LogP contribution in [0.5, 0.6) is 5.75 Å². The first-order valence-electron chi connectivity index (χ1n) is 3.78. The molecule has 1 aromatic rings. The quantitative estimate of drug-likeness (QED) is 0.819. The fourth-order valence-electron chi connectivity index (χ4n) is 1.01. The van der Waals surface area contributed by atoms with Crippen molar-refractivity contribution in [2.45, 2.75) is 6.04 Å². The van der Waals surface area contributed by atoms with E-state index in [0.29, 0.717) is 0 Å². The third-order valence-electron chi connectivity index (χ3n) is 1.75. The Bertz CT molecular complexity index is 389. The highest BCUT2D eigenvalue weighted by atomic mass is 35.5. The molecule has 1 aromatic carbocycles. The van der Waals surface area contributed by atoms with Crippen LogP contribution in [0.2, 0.25) is 5.02 Å². The van der Waals surface area contributed by atoms with E-state index in [1.54, 1.807) is 6.07 Å². The van der Waals surface area contributed by atoms with Crippen molar-refractivity contribution in [2.24, 2.45) is 5.73 Å². The first-order valence-corrected chi connectivity index (χ1v) is 4.16. The molecule has 0 spiro atoms. The minimum absolute atomic E-state index is 0.0679. The largest absolute Gasteiger partial charge is 0.495 e. The zero-order valence-electron chi connectivity index (χ0n) is 7.42. The van der Waals surface area contributed by atoms with E-state index in [-0.39, 0.29) is 16.3 Å². The summed E-state index contributed by atoms with van der Waals surface area (Å²) in [6.07, 6.45) is 0. The van der Waals surface area contributed by atoms with E-state index in [1.165, 1.54) is 13.2 Å². The molecule has 5 heteroatoms. The van der Waals surface area contributed by atoms with Gasteiger partial charge in [0.1, 0.15) is 17.6 Å².